The van der Waals surface area contributed by atoms with Gasteiger partial charge < -0.3 is 0 Å². The van der Waals surface area contributed by atoms with E-state index in [0.29, 0.717) is 24.2 Å². The normalized spacial score (nSPS) is 16.4. The molecule has 0 aliphatic carbocycles. The van der Waals surface area contributed by atoms with Gasteiger partial charge in [-0.2, -0.15) is 4.31 Å². The third-order valence-electron chi connectivity index (χ3n) is 5.24. The zero-order valence-electron chi connectivity index (χ0n) is 17.1. The second-order valence-electron chi connectivity index (χ2n) is 7.67. The summed E-state index contributed by atoms with van der Waals surface area (Å²) in [6.07, 6.45) is 3.75. The summed E-state index contributed by atoms with van der Waals surface area (Å²) >= 11 is 0. The highest BCUT2D eigenvalue weighted by Gasteiger charge is 2.27. The average Bonchev–Trinajstić information content (AvgIpc) is 2.92. The van der Waals surface area contributed by atoms with Gasteiger partial charge in [0, 0.05) is 13.1 Å². The van der Waals surface area contributed by atoms with Crippen molar-refractivity contribution < 1.29 is 16.8 Å². The van der Waals surface area contributed by atoms with Crippen LogP contribution in [0.1, 0.15) is 42.4 Å². The second-order valence-corrected chi connectivity index (χ2v) is 11.2. The molecule has 0 saturated carbocycles. The topological polar surface area (TPSA) is 83.5 Å². The maximum atomic E-state index is 13.2. The number of sulfonamides is 2. The van der Waals surface area contributed by atoms with Crippen molar-refractivity contribution in [3.63, 3.8) is 0 Å². The van der Waals surface area contributed by atoms with E-state index in [-0.39, 0.29) is 15.5 Å². The summed E-state index contributed by atoms with van der Waals surface area (Å²) in [6.45, 7) is 6.37. The summed E-state index contributed by atoms with van der Waals surface area (Å²) in [5.41, 5.74) is 2.46. The van der Waals surface area contributed by atoms with Crippen molar-refractivity contribution >= 4 is 25.7 Å². The molecule has 0 amide bonds. The lowest BCUT2D eigenvalue weighted by Gasteiger charge is -2.21. The summed E-state index contributed by atoms with van der Waals surface area (Å²) < 4.78 is 56.1. The van der Waals surface area contributed by atoms with Crippen LogP contribution in [-0.4, -0.2) is 34.2 Å². The lowest BCUT2D eigenvalue weighted by Crippen LogP contribution is -2.32. The number of benzene rings is 2. The summed E-state index contributed by atoms with van der Waals surface area (Å²) in [5.74, 6) is 0. The highest BCUT2D eigenvalue weighted by atomic mass is 32.2. The van der Waals surface area contributed by atoms with Crippen LogP contribution in [0.25, 0.3) is 0 Å². The van der Waals surface area contributed by atoms with Crippen LogP contribution in [0.3, 0.4) is 0 Å². The molecule has 0 radical (unpaired) electrons. The summed E-state index contributed by atoms with van der Waals surface area (Å²) in [7, 11) is -7.50. The Labute approximate surface area is 174 Å². The van der Waals surface area contributed by atoms with Gasteiger partial charge in [0.2, 0.25) is 10.0 Å². The van der Waals surface area contributed by atoms with Crippen LogP contribution in [0.15, 0.2) is 46.2 Å². The van der Waals surface area contributed by atoms with Crippen molar-refractivity contribution in [2.24, 2.45) is 0 Å². The number of nitrogens with zero attached hydrogens (tertiary/aromatic N) is 1. The fourth-order valence-corrected chi connectivity index (χ4v) is 6.72. The summed E-state index contributed by atoms with van der Waals surface area (Å²) in [6, 6.07) is 9.78. The number of hydrogen-bond acceptors (Lipinski definition) is 4. The first-order chi connectivity index (χ1) is 13.6. The molecule has 1 saturated heterocycles. The maximum Gasteiger partial charge on any atom is 0.262 e. The van der Waals surface area contributed by atoms with Gasteiger partial charge in [-0.05, 0) is 62.9 Å². The molecule has 0 unspecified atom stereocenters. The zero-order chi connectivity index (χ0) is 21.2. The van der Waals surface area contributed by atoms with Gasteiger partial charge in [0.15, 0.2) is 0 Å². The van der Waals surface area contributed by atoms with Gasteiger partial charge in [0.1, 0.15) is 0 Å². The minimum absolute atomic E-state index is 0.153. The molecular formula is C21H28N2O4S2. The minimum atomic E-state index is -3.82. The van der Waals surface area contributed by atoms with Gasteiger partial charge in [0.25, 0.3) is 10.0 Å². The summed E-state index contributed by atoms with van der Waals surface area (Å²) in [5, 5.41) is 0. The second kappa shape index (κ2) is 8.45. The Bertz CT molecular complexity index is 1100. The van der Waals surface area contributed by atoms with Crippen LogP contribution in [0.2, 0.25) is 0 Å². The van der Waals surface area contributed by atoms with E-state index in [9.17, 15) is 16.8 Å². The first-order valence-electron chi connectivity index (χ1n) is 9.82. The Hall–Kier alpha value is -1.90. The molecule has 8 heteroatoms. The molecule has 1 aliphatic rings. The molecule has 0 bridgehead atoms. The van der Waals surface area contributed by atoms with Gasteiger partial charge in [-0.15, -0.1) is 0 Å². The molecule has 1 heterocycles. The quantitative estimate of drug-likeness (QED) is 0.768. The fraction of sp³-hybridized carbons (Fsp3) is 0.429. The number of rotatable bonds is 5. The zero-order valence-corrected chi connectivity index (χ0v) is 18.7. The van der Waals surface area contributed by atoms with Crippen LogP contribution in [0, 0.1) is 20.8 Å². The first-order valence-corrected chi connectivity index (χ1v) is 12.7. The van der Waals surface area contributed by atoms with Gasteiger partial charge in [-0.1, -0.05) is 36.6 Å². The largest absolute Gasteiger partial charge is 0.280 e. The van der Waals surface area contributed by atoms with E-state index in [0.717, 1.165) is 31.2 Å². The molecule has 1 aliphatic heterocycles. The van der Waals surface area contributed by atoms with E-state index in [2.05, 4.69) is 4.72 Å². The Balaban J connectivity index is 1.94. The highest BCUT2D eigenvalue weighted by molar-refractivity contribution is 7.92. The third kappa shape index (κ3) is 4.82. The third-order valence-corrected chi connectivity index (χ3v) is 8.83. The van der Waals surface area contributed by atoms with Crippen molar-refractivity contribution in [1.29, 1.82) is 0 Å². The number of anilines is 1. The predicted octanol–water partition coefficient (Wildman–Crippen LogP) is 3.98. The molecule has 0 aromatic heterocycles. The molecule has 3 rings (SSSR count). The monoisotopic (exact) mass is 436 g/mol. The van der Waals surface area contributed by atoms with Crippen molar-refractivity contribution in [2.45, 2.75) is 56.2 Å². The van der Waals surface area contributed by atoms with Crippen LogP contribution in [-0.2, 0) is 20.0 Å². The molecule has 0 spiro atoms. The first kappa shape index (κ1) is 21.8. The Kier molecular flexibility index (Phi) is 6.36. The van der Waals surface area contributed by atoms with Crippen LogP contribution >= 0.6 is 0 Å². The van der Waals surface area contributed by atoms with E-state index in [1.54, 1.807) is 44.2 Å². The lowest BCUT2D eigenvalue weighted by molar-refractivity contribution is 0.423. The predicted molar refractivity (Wildman–Crippen MR) is 115 cm³/mol. The van der Waals surface area contributed by atoms with Gasteiger partial charge in [-0.3, -0.25) is 4.72 Å². The van der Waals surface area contributed by atoms with Gasteiger partial charge >= 0.3 is 0 Å². The van der Waals surface area contributed by atoms with Crippen molar-refractivity contribution in [3.05, 3.63) is 53.1 Å². The standard InChI is InChI=1S/C21H28N2O4S2/c1-16-8-11-20(18(3)14-16)28(24,25)22-19-10-9-17(2)21(15-19)29(26,27)23-12-6-4-5-7-13-23/h8-11,14-15,22H,4-7,12-13H2,1-3H3. The summed E-state index contributed by atoms with van der Waals surface area (Å²) in [4.78, 5) is 0.334. The van der Waals surface area contributed by atoms with Gasteiger partial charge in [-0.25, -0.2) is 16.8 Å². The molecule has 2 aromatic carbocycles. The average molecular weight is 437 g/mol. The van der Waals surface area contributed by atoms with E-state index in [1.807, 2.05) is 6.92 Å². The molecule has 158 valence electrons. The van der Waals surface area contributed by atoms with E-state index in [4.69, 9.17) is 0 Å². The highest BCUT2D eigenvalue weighted by Crippen LogP contribution is 2.27. The van der Waals surface area contributed by atoms with E-state index < -0.39 is 20.0 Å². The lowest BCUT2D eigenvalue weighted by atomic mass is 10.2. The number of nitrogens with one attached hydrogen (secondary N) is 1. The SMILES string of the molecule is Cc1ccc(S(=O)(=O)Nc2ccc(C)c(S(=O)(=O)N3CCCCCC3)c2)c(C)c1. The molecule has 0 atom stereocenters. The Morgan fingerprint density at radius 1 is 0.759 bits per heavy atom. The number of hydrogen-bond donors (Lipinski definition) is 1. The Morgan fingerprint density at radius 3 is 2.03 bits per heavy atom. The van der Waals surface area contributed by atoms with Crippen molar-refractivity contribution in [2.75, 3.05) is 17.8 Å². The van der Waals surface area contributed by atoms with Crippen molar-refractivity contribution in [3.8, 4) is 0 Å². The van der Waals surface area contributed by atoms with Crippen LogP contribution < -0.4 is 4.72 Å². The van der Waals surface area contributed by atoms with E-state index in [1.165, 1.54) is 10.4 Å². The van der Waals surface area contributed by atoms with Crippen LogP contribution in [0.4, 0.5) is 5.69 Å². The maximum absolute atomic E-state index is 13.2. The van der Waals surface area contributed by atoms with E-state index >= 15 is 0 Å². The number of aryl methyl sites for hydroxylation is 3. The molecule has 6 nitrogen and oxygen atoms in total. The minimum Gasteiger partial charge on any atom is -0.280 e. The molecular weight excluding hydrogens is 408 g/mol. The molecule has 1 N–H and O–H groups in total. The van der Waals surface area contributed by atoms with Gasteiger partial charge in [0.05, 0.1) is 15.5 Å². The Morgan fingerprint density at radius 2 is 1.41 bits per heavy atom. The smallest absolute Gasteiger partial charge is 0.262 e. The van der Waals surface area contributed by atoms with Crippen LogP contribution in [0.5, 0.6) is 0 Å². The molecule has 29 heavy (non-hydrogen) atoms. The molecule has 2 aromatic rings. The van der Waals surface area contributed by atoms with Crippen molar-refractivity contribution in [1.82, 2.24) is 4.31 Å². The fourth-order valence-electron chi connectivity index (χ4n) is 3.67. The molecule has 1 fully saturated rings.